The smallest absolute Gasteiger partial charge is 0.260 e. The number of rotatable bonds is 1. The fourth-order valence-corrected chi connectivity index (χ4v) is 3.30. The zero-order valence-electron chi connectivity index (χ0n) is 10.8. The van der Waals surface area contributed by atoms with E-state index in [-0.39, 0.29) is 17.9 Å². The Labute approximate surface area is 112 Å². The summed E-state index contributed by atoms with van der Waals surface area (Å²) in [6.45, 7) is 0. The molecule has 2 fully saturated rings. The Balaban J connectivity index is 1.86. The van der Waals surface area contributed by atoms with E-state index in [2.05, 4.69) is 0 Å². The Kier molecular flexibility index (Phi) is 3.01. The second kappa shape index (κ2) is 4.68. The van der Waals surface area contributed by atoms with Gasteiger partial charge in [0.2, 0.25) is 5.91 Å². The number of nitrogens with zero attached hydrogens (tertiary/aromatic N) is 1. The van der Waals surface area contributed by atoms with Crippen molar-refractivity contribution in [2.45, 2.75) is 38.1 Å². The maximum absolute atomic E-state index is 12.5. The predicted octanol–water partition coefficient (Wildman–Crippen LogP) is 2.20. The minimum Gasteiger partial charge on any atom is -0.399 e. The highest BCUT2D eigenvalue weighted by atomic mass is 16.2. The molecule has 2 atom stereocenters. The lowest BCUT2D eigenvalue weighted by atomic mass is 9.85. The Morgan fingerprint density at radius 1 is 1.16 bits per heavy atom. The van der Waals surface area contributed by atoms with Gasteiger partial charge < -0.3 is 5.73 Å². The van der Waals surface area contributed by atoms with Gasteiger partial charge in [0, 0.05) is 23.7 Å². The Hall–Kier alpha value is -1.84. The first-order valence-corrected chi connectivity index (χ1v) is 6.89. The fourth-order valence-electron chi connectivity index (χ4n) is 3.30. The summed E-state index contributed by atoms with van der Waals surface area (Å²) in [5.74, 6) is 0.192. The summed E-state index contributed by atoms with van der Waals surface area (Å²) in [7, 11) is 0. The summed E-state index contributed by atoms with van der Waals surface area (Å²) in [6, 6.07) is 6.91. The highest BCUT2D eigenvalue weighted by Crippen LogP contribution is 2.37. The van der Waals surface area contributed by atoms with Crippen molar-refractivity contribution in [3.8, 4) is 0 Å². The Morgan fingerprint density at radius 2 is 1.84 bits per heavy atom. The van der Waals surface area contributed by atoms with Gasteiger partial charge in [-0.25, -0.2) is 0 Å². The van der Waals surface area contributed by atoms with E-state index < -0.39 is 0 Å². The van der Waals surface area contributed by atoms with Crippen LogP contribution in [0, 0.1) is 5.92 Å². The van der Waals surface area contributed by atoms with Gasteiger partial charge in [0.05, 0.1) is 0 Å². The van der Waals surface area contributed by atoms with Crippen LogP contribution in [0.1, 0.15) is 42.5 Å². The summed E-state index contributed by atoms with van der Waals surface area (Å²) in [4.78, 5) is 26.1. The number of anilines is 1. The van der Waals surface area contributed by atoms with Crippen molar-refractivity contribution >= 4 is 17.5 Å². The van der Waals surface area contributed by atoms with Crippen LogP contribution in [0.4, 0.5) is 5.69 Å². The van der Waals surface area contributed by atoms with Crippen molar-refractivity contribution in [1.82, 2.24) is 4.90 Å². The highest BCUT2D eigenvalue weighted by Gasteiger charge is 2.43. The molecule has 2 unspecified atom stereocenters. The number of hydrogen-bond acceptors (Lipinski definition) is 3. The van der Waals surface area contributed by atoms with E-state index in [1.807, 2.05) is 0 Å². The van der Waals surface area contributed by atoms with Crippen LogP contribution in [0.2, 0.25) is 0 Å². The maximum Gasteiger partial charge on any atom is 0.260 e. The first kappa shape index (κ1) is 12.2. The summed E-state index contributed by atoms with van der Waals surface area (Å²) in [5, 5.41) is 0. The van der Waals surface area contributed by atoms with Gasteiger partial charge in [-0.1, -0.05) is 12.8 Å². The van der Waals surface area contributed by atoms with Gasteiger partial charge in [0.1, 0.15) is 0 Å². The molecule has 1 aromatic rings. The molecule has 1 saturated carbocycles. The number of amides is 2. The SMILES string of the molecule is Nc1ccc(C(=O)N2C(=O)CC3CCCCC32)cc1. The molecule has 1 aliphatic heterocycles. The number of carbonyl (C=O) groups excluding carboxylic acids is 2. The number of hydrogen-bond donors (Lipinski definition) is 1. The second-order valence-corrected chi connectivity index (χ2v) is 5.51. The first-order chi connectivity index (χ1) is 9.16. The molecule has 0 bridgehead atoms. The van der Waals surface area contributed by atoms with Crippen molar-refractivity contribution in [1.29, 1.82) is 0 Å². The Morgan fingerprint density at radius 3 is 2.58 bits per heavy atom. The minimum atomic E-state index is -0.167. The van der Waals surface area contributed by atoms with Crippen LogP contribution in [0.3, 0.4) is 0 Å². The molecule has 0 aromatic heterocycles. The van der Waals surface area contributed by atoms with Gasteiger partial charge in [-0.05, 0) is 43.0 Å². The lowest BCUT2D eigenvalue weighted by Gasteiger charge is -2.30. The molecule has 1 saturated heterocycles. The lowest BCUT2D eigenvalue weighted by molar-refractivity contribution is -0.126. The molecule has 1 aliphatic carbocycles. The molecule has 100 valence electrons. The molecule has 2 N–H and O–H groups in total. The molecular formula is C15H18N2O2. The number of carbonyl (C=O) groups is 2. The van der Waals surface area contributed by atoms with Crippen LogP contribution >= 0.6 is 0 Å². The quantitative estimate of drug-likeness (QED) is 0.620. The van der Waals surface area contributed by atoms with Gasteiger partial charge >= 0.3 is 0 Å². The van der Waals surface area contributed by atoms with E-state index in [1.54, 1.807) is 24.3 Å². The van der Waals surface area contributed by atoms with Crippen molar-refractivity contribution in [2.24, 2.45) is 5.92 Å². The number of benzene rings is 1. The summed E-state index contributed by atoms with van der Waals surface area (Å²) in [6.07, 6.45) is 4.85. The Bertz CT molecular complexity index is 509. The molecule has 0 radical (unpaired) electrons. The van der Waals surface area contributed by atoms with E-state index in [4.69, 9.17) is 5.73 Å². The van der Waals surface area contributed by atoms with Gasteiger partial charge in [0.25, 0.3) is 5.91 Å². The number of fused-ring (bicyclic) bond motifs is 1. The van der Waals surface area contributed by atoms with E-state index >= 15 is 0 Å². The van der Waals surface area contributed by atoms with E-state index in [0.717, 1.165) is 19.3 Å². The van der Waals surface area contributed by atoms with Gasteiger partial charge in [-0.15, -0.1) is 0 Å². The molecule has 2 aliphatic rings. The third-order valence-electron chi connectivity index (χ3n) is 4.28. The second-order valence-electron chi connectivity index (χ2n) is 5.51. The zero-order chi connectivity index (χ0) is 13.4. The monoisotopic (exact) mass is 258 g/mol. The molecule has 0 spiro atoms. The highest BCUT2D eigenvalue weighted by molar-refractivity contribution is 6.06. The van der Waals surface area contributed by atoms with E-state index in [9.17, 15) is 9.59 Å². The van der Waals surface area contributed by atoms with Crippen LogP contribution in [-0.2, 0) is 4.79 Å². The number of imide groups is 1. The first-order valence-electron chi connectivity index (χ1n) is 6.89. The molecule has 2 amide bonds. The molecule has 1 aromatic carbocycles. The van der Waals surface area contributed by atoms with Crippen molar-refractivity contribution in [3.05, 3.63) is 29.8 Å². The average molecular weight is 258 g/mol. The van der Waals surface area contributed by atoms with Crippen molar-refractivity contribution in [2.75, 3.05) is 5.73 Å². The third-order valence-corrected chi connectivity index (χ3v) is 4.28. The number of nitrogen functional groups attached to an aromatic ring is 1. The topological polar surface area (TPSA) is 63.4 Å². The van der Waals surface area contributed by atoms with E-state index in [0.29, 0.717) is 23.6 Å². The normalized spacial score (nSPS) is 26.3. The molecular weight excluding hydrogens is 240 g/mol. The summed E-state index contributed by atoms with van der Waals surface area (Å²) in [5.41, 5.74) is 6.80. The molecule has 19 heavy (non-hydrogen) atoms. The maximum atomic E-state index is 12.5. The van der Waals surface area contributed by atoms with E-state index in [1.165, 1.54) is 11.3 Å². The van der Waals surface area contributed by atoms with Crippen LogP contribution in [-0.4, -0.2) is 22.8 Å². The van der Waals surface area contributed by atoms with Gasteiger partial charge in [-0.3, -0.25) is 14.5 Å². The standard InChI is InChI=1S/C15H18N2O2/c16-12-7-5-10(6-8-12)15(19)17-13-4-2-1-3-11(13)9-14(17)18/h5-8,11,13H,1-4,9,16H2. The summed E-state index contributed by atoms with van der Waals surface area (Å²) < 4.78 is 0. The van der Waals surface area contributed by atoms with Crippen molar-refractivity contribution in [3.63, 3.8) is 0 Å². The fraction of sp³-hybridized carbons (Fsp3) is 0.467. The average Bonchev–Trinajstić information content (AvgIpc) is 2.74. The largest absolute Gasteiger partial charge is 0.399 e. The predicted molar refractivity (Wildman–Crippen MR) is 72.4 cm³/mol. The van der Waals surface area contributed by atoms with Crippen LogP contribution < -0.4 is 5.73 Å². The molecule has 3 rings (SSSR count). The van der Waals surface area contributed by atoms with Crippen LogP contribution in [0.15, 0.2) is 24.3 Å². The van der Waals surface area contributed by atoms with Gasteiger partial charge in [-0.2, -0.15) is 0 Å². The summed E-state index contributed by atoms with van der Waals surface area (Å²) >= 11 is 0. The zero-order valence-corrected chi connectivity index (χ0v) is 10.8. The number of nitrogens with two attached hydrogens (primary N) is 1. The molecule has 4 nitrogen and oxygen atoms in total. The van der Waals surface area contributed by atoms with Gasteiger partial charge in [0.15, 0.2) is 0 Å². The number of likely N-dealkylation sites (tertiary alicyclic amines) is 1. The lowest BCUT2D eigenvalue weighted by Crippen LogP contribution is -2.41. The minimum absolute atomic E-state index is 0.0151. The molecule has 4 heteroatoms. The van der Waals surface area contributed by atoms with Crippen molar-refractivity contribution < 1.29 is 9.59 Å². The molecule has 1 heterocycles. The van der Waals surface area contributed by atoms with Crippen LogP contribution in [0.5, 0.6) is 0 Å². The van der Waals surface area contributed by atoms with Crippen LogP contribution in [0.25, 0.3) is 0 Å². The third kappa shape index (κ3) is 2.11.